The quantitative estimate of drug-likeness (QED) is 0.534. The fourth-order valence-electron chi connectivity index (χ4n) is 3.53. The highest BCUT2D eigenvalue weighted by Crippen LogP contribution is 2.29. The molecular formula is C23H33N3O4. The van der Waals surface area contributed by atoms with Crippen molar-refractivity contribution >= 4 is 11.8 Å². The molecule has 2 rings (SSSR count). The first-order valence-corrected chi connectivity index (χ1v) is 10.1. The van der Waals surface area contributed by atoms with Crippen LogP contribution in [0, 0.1) is 17.8 Å². The number of carbonyl (C=O) groups excluding carboxylic acids is 2. The molecule has 0 spiro atoms. The first kappa shape index (κ1) is 23.9. The molecule has 0 bridgehead atoms. The van der Waals surface area contributed by atoms with Gasteiger partial charge in [0.1, 0.15) is 6.04 Å². The lowest BCUT2D eigenvalue weighted by Crippen LogP contribution is -2.56. The van der Waals surface area contributed by atoms with Crippen LogP contribution in [0.4, 0.5) is 0 Å². The van der Waals surface area contributed by atoms with Gasteiger partial charge in [-0.15, -0.1) is 6.42 Å². The molecule has 1 fully saturated rings. The van der Waals surface area contributed by atoms with Gasteiger partial charge in [-0.2, -0.15) is 0 Å². The van der Waals surface area contributed by atoms with E-state index in [1.54, 1.807) is 38.1 Å². The number of rotatable bonds is 5. The number of terminal acetylenes is 1. The lowest BCUT2D eigenvalue weighted by atomic mass is 9.86. The van der Waals surface area contributed by atoms with Crippen molar-refractivity contribution in [2.45, 2.75) is 70.9 Å². The molecule has 0 radical (unpaired) electrons. The number of β-amino-alcohol motifs (C(OH)–C–C–N with tert-alkyl or cyclic N) is 1. The third-order valence-electron chi connectivity index (χ3n) is 5.47. The number of nitrogens with two attached hydrogens (primary N) is 1. The van der Waals surface area contributed by atoms with E-state index in [1.807, 2.05) is 20.8 Å². The molecule has 0 aromatic heterocycles. The van der Waals surface area contributed by atoms with Crippen molar-refractivity contribution in [3.63, 3.8) is 0 Å². The van der Waals surface area contributed by atoms with Crippen molar-refractivity contribution in [3.8, 4) is 12.3 Å². The Balaban J connectivity index is 2.26. The summed E-state index contributed by atoms with van der Waals surface area (Å²) in [5.74, 6) is 1.70. The van der Waals surface area contributed by atoms with Crippen LogP contribution in [0.1, 0.15) is 58.2 Å². The summed E-state index contributed by atoms with van der Waals surface area (Å²) in [5, 5.41) is 23.7. The molecular weight excluding hydrogens is 382 g/mol. The number of nitrogens with one attached hydrogen (secondary N) is 1. The van der Waals surface area contributed by atoms with Crippen molar-refractivity contribution in [1.29, 1.82) is 0 Å². The van der Waals surface area contributed by atoms with Gasteiger partial charge in [0.15, 0.2) is 0 Å². The van der Waals surface area contributed by atoms with Gasteiger partial charge >= 0.3 is 0 Å². The molecule has 4 atom stereocenters. The molecule has 1 aromatic rings. The van der Waals surface area contributed by atoms with Crippen molar-refractivity contribution in [2.24, 2.45) is 11.1 Å². The van der Waals surface area contributed by atoms with Gasteiger partial charge < -0.3 is 26.2 Å². The number of amides is 2. The Hall–Kier alpha value is -2.40. The van der Waals surface area contributed by atoms with Gasteiger partial charge in [0.2, 0.25) is 11.8 Å². The van der Waals surface area contributed by atoms with Crippen LogP contribution < -0.4 is 11.1 Å². The Morgan fingerprint density at radius 2 is 1.80 bits per heavy atom. The van der Waals surface area contributed by atoms with Gasteiger partial charge in [-0.3, -0.25) is 9.59 Å². The third kappa shape index (κ3) is 5.39. The van der Waals surface area contributed by atoms with Gasteiger partial charge in [0.05, 0.1) is 23.8 Å². The molecule has 1 aromatic carbocycles. The van der Waals surface area contributed by atoms with E-state index in [1.165, 1.54) is 4.90 Å². The van der Waals surface area contributed by atoms with E-state index in [0.29, 0.717) is 11.1 Å². The Morgan fingerprint density at radius 1 is 1.23 bits per heavy atom. The second-order valence-corrected chi connectivity index (χ2v) is 9.60. The number of carbonyl (C=O) groups is 2. The monoisotopic (exact) mass is 415 g/mol. The summed E-state index contributed by atoms with van der Waals surface area (Å²) < 4.78 is 0. The number of hydrogen-bond acceptors (Lipinski definition) is 5. The minimum atomic E-state index is -1.28. The van der Waals surface area contributed by atoms with E-state index in [4.69, 9.17) is 12.2 Å². The molecule has 1 heterocycles. The summed E-state index contributed by atoms with van der Waals surface area (Å²) in [6, 6.07) is 4.56. The number of nitrogens with zero attached hydrogens (tertiary/aromatic N) is 1. The van der Waals surface area contributed by atoms with Crippen LogP contribution in [0.5, 0.6) is 0 Å². The molecule has 1 saturated heterocycles. The zero-order valence-corrected chi connectivity index (χ0v) is 18.3. The maximum atomic E-state index is 13.1. The van der Waals surface area contributed by atoms with Crippen molar-refractivity contribution in [2.75, 3.05) is 6.54 Å². The summed E-state index contributed by atoms with van der Waals surface area (Å²) in [4.78, 5) is 27.4. The predicted octanol–water partition coefficient (Wildman–Crippen LogP) is 0.931. The van der Waals surface area contributed by atoms with E-state index in [-0.39, 0.29) is 18.9 Å². The maximum absolute atomic E-state index is 13.1. The summed E-state index contributed by atoms with van der Waals surface area (Å²) >= 11 is 0. The molecule has 5 N–H and O–H groups in total. The fourth-order valence-corrected chi connectivity index (χ4v) is 3.53. The van der Waals surface area contributed by atoms with Gasteiger partial charge in [-0.05, 0) is 37.0 Å². The highest BCUT2D eigenvalue weighted by atomic mass is 16.3. The second kappa shape index (κ2) is 8.76. The number of aliphatic hydroxyl groups is 2. The van der Waals surface area contributed by atoms with Crippen LogP contribution in [-0.4, -0.2) is 57.3 Å². The van der Waals surface area contributed by atoms with Gasteiger partial charge in [-0.1, -0.05) is 38.8 Å². The maximum Gasteiger partial charge on any atom is 0.243 e. The van der Waals surface area contributed by atoms with Crippen molar-refractivity contribution < 1.29 is 19.8 Å². The van der Waals surface area contributed by atoms with Gasteiger partial charge in [0.25, 0.3) is 0 Å². The SMILES string of the molecule is C#Cc1ccc([C@@H](NC(=O)[C@@H]2C[C@@H](O)CN2C(=O)[C@@H](N)C(C)(C)C)C(C)(C)O)cc1. The lowest BCUT2D eigenvalue weighted by molar-refractivity contribution is -0.142. The highest BCUT2D eigenvalue weighted by Gasteiger charge is 2.44. The van der Waals surface area contributed by atoms with E-state index < -0.39 is 41.2 Å². The first-order chi connectivity index (χ1) is 13.8. The molecule has 0 aliphatic carbocycles. The molecule has 164 valence electrons. The number of hydrogen-bond donors (Lipinski definition) is 4. The number of aliphatic hydroxyl groups excluding tert-OH is 1. The molecule has 2 amide bonds. The second-order valence-electron chi connectivity index (χ2n) is 9.60. The smallest absolute Gasteiger partial charge is 0.243 e. The van der Waals surface area contributed by atoms with Gasteiger partial charge in [0, 0.05) is 18.5 Å². The topological polar surface area (TPSA) is 116 Å². The average Bonchev–Trinajstić information content (AvgIpc) is 3.05. The molecule has 0 saturated carbocycles. The number of benzene rings is 1. The third-order valence-corrected chi connectivity index (χ3v) is 5.47. The Bertz CT molecular complexity index is 815. The zero-order chi connectivity index (χ0) is 22.9. The molecule has 0 unspecified atom stereocenters. The van der Waals surface area contributed by atoms with E-state index in [0.717, 1.165) is 0 Å². The van der Waals surface area contributed by atoms with Crippen LogP contribution in [0.25, 0.3) is 0 Å². The number of likely N-dealkylation sites (tertiary alicyclic amines) is 1. The largest absolute Gasteiger partial charge is 0.391 e. The van der Waals surface area contributed by atoms with Crippen molar-refractivity contribution in [1.82, 2.24) is 10.2 Å². The fraction of sp³-hybridized carbons (Fsp3) is 0.565. The first-order valence-electron chi connectivity index (χ1n) is 10.1. The standard InChI is InChI=1S/C23H33N3O4/c1-7-14-8-10-15(11-9-14)19(23(5,6)30)25-20(28)17-12-16(27)13-26(17)21(29)18(24)22(2,3)4/h1,8-11,16-19,27,30H,12-13,24H2,2-6H3,(H,25,28)/t16-,17+,18-,19-/m1/s1. The Kier molecular flexibility index (Phi) is 6.97. The Morgan fingerprint density at radius 3 is 2.27 bits per heavy atom. The van der Waals surface area contributed by atoms with E-state index in [9.17, 15) is 19.8 Å². The minimum absolute atomic E-state index is 0.0464. The molecule has 7 heteroatoms. The van der Waals surface area contributed by atoms with Crippen LogP contribution in [0.2, 0.25) is 0 Å². The normalized spacial score (nSPS) is 21.6. The molecule has 1 aliphatic heterocycles. The Labute approximate surface area is 178 Å². The van der Waals surface area contributed by atoms with E-state index >= 15 is 0 Å². The summed E-state index contributed by atoms with van der Waals surface area (Å²) in [5.41, 5.74) is 5.71. The molecule has 7 nitrogen and oxygen atoms in total. The van der Waals surface area contributed by atoms with Crippen molar-refractivity contribution in [3.05, 3.63) is 35.4 Å². The molecule has 1 aliphatic rings. The van der Waals surface area contributed by atoms with Crippen LogP contribution >= 0.6 is 0 Å². The van der Waals surface area contributed by atoms with Crippen LogP contribution in [-0.2, 0) is 9.59 Å². The predicted molar refractivity (Wildman–Crippen MR) is 115 cm³/mol. The molecule has 30 heavy (non-hydrogen) atoms. The van der Waals surface area contributed by atoms with E-state index in [2.05, 4.69) is 11.2 Å². The average molecular weight is 416 g/mol. The summed E-state index contributed by atoms with van der Waals surface area (Å²) in [6.07, 6.45) is 4.70. The minimum Gasteiger partial charge on any atom is -0.391 e. The highest BCUT2D eigenvalue weighted by molar-refractivity contribution is 5.91. The van der Waals surface area contributed by atoms with Crippen LogP contribution in [0.3, 0.4) is 0 Å². The zero-order valence-electron chi connectivity index (χ0n) is 18.3. The summed E-state index contributed by atoms with van der Waals surface area (Å²) in [7, 11) is 0. The van der Waals surface area contributed by atoms with Crippen LogP contribution in [0.15, 0.2) is 24.3 Å². The summed E-state index contributed by atoms with van der Waals surface area (Å²) in [6.45, 7) is 8.78. The van der Waals surface area contributed by atoms with Gasteiger partial charge in [-0.25, -0.2) is 0 Å². The lowest BCUT2D eigenvalue weighted by Gasteiger charge is -2.35.